The summed E-state index contributed by atoms with van der Waals surface area (Å²) in [4.78, 5) is 0. The van der Waals surface area contributed by atoms with Gasteiger partial charge in [-0.25, -0.2) is 0 Å². The Bertz CT molecular complexity index is 741. The van der Waals surface area contributed by atoms with Crippen molar-refractivity contribution < 1.29 is 13.2 Å². The normalized spacial score (nSPS) is 14.5. The molecular formula is C22H26F3NS. The van der Waals surface area contributed by atoms with Crippen LogP contribution >= 0.6 is 12.8 Å². The molecule has 1 N–H and O–H groups in total. The van der Waals surface area contributed by atoms with Crippen molar-refractivity contribution in [1.29, 1.82) is 0 Å². The van der Waals surface area contributed by atoms with Gasteiger partial charge in [-0.15, -0.1) is 0 Å². The third-order valence-electron chi connectivity index (χ3n) is 4.00. The number of benzene rings is 1. The van der Waals surface area contributed by atoms with Crippen molar-refractivity contribution in [1.82, 2.24) is 4.72 Å². The minimum atomic E-state index is -4.26. The molecule has 0 radical (unpaired) electrons. The quantitative estimate of drug-likeness (QED) is 0.398. The van der Waals surface area contributed by atoms with Crippen LogP contribution in [0.25, 0.3) is 5.57 Å². The molecule has 0 aliphatic heterocycles. The van der Waals surface area contributed by atoms with Crippen LogP contribution in [-0.2, 0) is 0 Å². The lowest BCUT2D eigenvalue weighted by Crippen LogP contribution is -2.13. The van der Waals surface area contributed by atoms with E-state index in [9.17, 15) is 13.2 Å². The van der Waals surface area contributed by atoms with E-state index in [4.69, 9.17) is 0 Å². The maximum atomic E-state index is 12.8. The molecule has 0 atom stereocenters. The maximum absolute atomic E-state index is 12.8. The zero-order valence-corrected chi connectivity index (χ0v) is 16.6. The van der Waals surface area contributed by atoms with Gasteiger partial charge in [0.1, 0.15) is 0 Å². The predicted octanol–water partition coefficient (Wildman–Crippen LogP) is 6.85. The molecule has 1 aliphatic carbocycles. The number of rotatable bonds is 6. The van der Waals surface area contributed by atoms with E-state index in [2.05, 4.69) is 30.7 Å². The first-order valence-electron chi connectivity index (χ1n) is 8.81. The molecule has 0 bridgehead atoms. The Kier molecular flexibility index (Phi) is 9.39. The first-order chi connectivity index (χ1) is 12.8. The largest absolute Gasteiger partial charge is 0.412 e. The summed E-state index contributed by atoms with van der Waals surface area (Å²) in [6, 6.07) is 9.61. The second kappa shape index (κ2) is 11.0. The number of alkyl halides is 3. The fourth-order valence-corrected chi connectivity index (χ4v) is 2.74. The highest BCUT2D eigenvalue weighted by Crippen LogP contribution is 2.35. The molecule has 1 nitrogen and oxygen atoms in total. The molecule has 27 heavy (non-hydrogen) atoms. The highest BCUT2D eigenvalue weighted by molar-refractivity contribution is 7.78. The molecule has 1 aromatic carbocycles. The molecule has 1 aromatic rings. The molecule has 0 amide bonds. The fraction of sp³-hybridized carbons (Fsp3) is 0.273. The molecule has 0 heterocycles. The Balaban J connectivity index is 0.00000176. The monoisotopic (exact) mass is 393 g/mol. The van der Waals surface area contributed by atoms with Crippen LogP contribution in [0.15, 0.2) is 84.0 Å². The smallest absolute Gasteiger partial charge is 0.262 e. The van der Waals surface area contributed by atoms with Crippen LogP contribution in [0.2, 0.25) is 0 Å². The zero-order valence-electron chi connectivity index (χ0n) is 15.7. The second-order valence-electron chi connectivity index (χ2n) is 5.77. The van der Waals surface area contributed by atoms with Crippen molar-refractivity contribution in [2.24, 2.45) is 0 Å². The van der Waals surface area contributed by atoms with Crippen molar-refractivity contribution in [2.75, 3.05) is 6.54 Å². The SMILES string of the molecule is C=C(CNS)C(=C)/C(=C\C1=CC=C(C(F)(F)F)CC1)c1ccccc1.CC. The molecule has 1 aliphatic rings. The van der Waals surface area contributed by atoms with Crippen molar-refractivity contribution in [3.63, 3.8) is 0 Å². The number of hydrogen-bond acceptors (Lipinski definition) is 2. The van der Waals surface area contributed by atoms with Gasteiger partial charge in [0, 0.05) is 12.1 Å². The van der Waals surface area contributed by atoms with E-state index in [0.29, 0.717) is 13.0 Å². The molecular weight excluding hydrogens is 367 g/mol. The van der Waals surface area contributed by atoms with Gasteiger partial charge in [0.25, 0.3) is 0 Å². The van der Waals surface area contributed by atoms with E-state index in [1.165, 1.54) is 6.08 Å². The Morgan fingerprint density at radius 1 is 1.11 bits per heavy atom. The lowest BCUT2D eigenvalue weighted by Gasteiger charge is -2.18. The molecule has 146 valence electrons. The third kappa shape index (κ3) is 6.92. The van der Waals surface area contributed by atoms with E-state index in [1.54, 1.807) is 0 Å². The first-order valence-corrected chi connectivity index (χ1v) is 9.26. The fourth-order valence-electron chi connectivity index (χ4n) is 2.55. The van der Waals surface area contributed by atoms with Gasteiger partial charge in [0.15, 0.2) is 0 Å². The van der Waals surface area contributed by atoms with Crippen LogP contribution in [0.4, 0.5) is 13.2 Å². The van der Waals surface area contributed by atoms with Crippen LogP contribution in [0, 0.1) is 0 Å². The van der Waals surface area contributed by atoms with Crippen LogP contribution in [0.3, 0.4) is 0 Å². The van der Waals surface area contributed by atoms with Gasteiger partial charge >= 0.3 is 6.18 Å². The predicted molar refractivity (Wildman–Crippen MR) is 112 cm³/mol. The second-order valence-corrected chi connectivity index (χ2v) is 6.09. The van der Waals surface area contributed by atoms with Gasteiger partial charge in [0.05, 0.1) is 0 Å². The van der Waals surface area contributed by atoms with E-state index in [-0.39, 0.29) is 6.42 Å². The molecule has 0 spiro atoms. The highest BCUT2D eigenvalue weighted by Gasteiger charge is 2.33. The van der Waals surface area contributed by atoms with Crippen LogP contribution < -0.4 is 4.72 Å². The van der Waals surface area contributed by atoms with Gasteiger partial charge in [-0.3, -0.25) is 4.72 Å². The molecule has 2 rings (SSSR count). The lowest BCUT2D eigenvalue weighted by molar-refractivity contribution is -0.0940. The summed E-state index contributed by atoms with van der Waals surface area (Å²) < 4.78 is 41.0. The van der Waals surface area contributed by atoms with E-state index in [1.807, 2.05) is 50.3 Å². The van der Waals surface area contributed by atoms with Crippen molar-refractivity contribution in [2.45, 2.75) is 32.9 Å². The average molecular weight is 394 g/mol. The molecule has 0 saturated carbocycles. The Morgan fingerprint density at radius 2 is 1.74 bits per heavy atom. The summed E-state index contributed by atoms with van der Waals surface area (Å²) in [6.45, 7) is 12.6. The zero-order chi connectivity index (χ0) is 20.4. The molecule has 5 heteroatoms. The average Bonchev–Trinajstić information content (AvgIpc) is 2.67. The molecule has 0 aromatic heterocycles. The number of hydrogen-bond donors (Lipinski definition) is 2. The standard InChI is InChI=1S/C20H20F3NS.C2H6/c1-14(13-24-25)15(2)19(17-6-4-3-5-7-17)12-16-8-10-18(11-9-16)20(21,22)23;1-2/h3-8,10,12,24-25H,1-2,9,11,13H2;1-2H3/b19-12+;. The van der Waals surface area contributed by atoms with Crippen LogP contribution in [0.5, 0.6) is 0 Å². The topological polar surface area (TPSA) is 12.0 Å². The van der Waals surface area contributed by atoms with E-state index < -0.39 is 11.7 Å². The van der Waals surface area contributed by atoms with E-state index >= 15 is 0 Å². The summed E-state index contributed by atoms with van der Waals surface area (Å²) in [7, 11) is 0. The molecule has 0 fully saturated rings. The van der Waals surface area contributed by atoms with Gasteiger partial charge in [-0.2, -0.15) is 13.2 Å². The van der Waals surface area contributed by atoms with Gasteiger partial charge in [-0.05, 0) is 40.7 Å². The minimum absolute atomic E-state index is 0.0144. The van der Waals surface area contributed by atoms with E-state index in [0.717, 1.165) is 33.9 Å². The highest BCUT2D eigenvalue weighted by atomic mass is 32.1. The summed E-state index contributed by atoms with van der Waals surface area (Å²) in [5.74, 6) is 0. The van der Waals surface area contributed by atoms with Gasteiger partial charge < -0.3 is 0 Å². The summed E-state index contributed by atoms with van der Waals surface area (Å²) >= 11 is 3.98. The summed E-state index contributed by atoms with van der Waals surface area (Å²) in [5, 5.41) is 0. The minimum Gasteiger partial charge on any atom is -0.262 e. The maximum Gasteiger partial charge on any atom is 0.412 e. The molecule has 0 saturated heterocycles. The molecule has 0 unspecified atom stereocenters. The third-order valence-corrected chi connectivity index (χ3v) is 4.16. The Labute approximate surface area is 165 Å². The number of thiol groups is 1. The van der Waals surface area contributed by atoms with Crippen LogP contribution in [0.1, 0.15) is 32.3 Å². The van der Waals surface area contributed by atoms with Crippen molar-refractivity contribution >= 4 is 18.4 Å². The van der Waals surface area contributed by atoms with Crippen LogP contribution in [-0.4, -0.2) is 12.7 Å². The summed E-state index contributed by atoms with van der Waals surface area (Å²) in [5.41, 5.74) is 3.64. The Morgan fingerprint density at radius 3 is 2.22 bits per heavy atom. The van der Waals surface area contributed by atoms with Crippen molar-refractivity contribution in [3.8, 4) is 0 Å². The number of halogens is 3. The van der Waals surface area contributed by atoms with Crippen molar-refractivity contribution in [3.05, 3.63) is 89.6 Å². The Hall–Kier alpha value is -1.98. The number of nitrogens with one attached hydrogen (secondary N) is 1. The van der Waals surface area contributed by atoms with Gasteiger partial charge in [0.2, 0.25) is 0 Å². The first kappa shape index (κ1) is 23.1. The lowest BCUT2D eigenvalue weighted by atomic mass is 9.89. The van der Waals surface area contributed by atoms with Gasteiger partial charge in [-0.1, -0.05) is 88.4 Å². The summed E-state index contributed by atoms with van der Waals surface area (Å²) in [6.07, 6.45) is 0.647. The number of allylic oxidation sites excluding steroid dienone is 6.